The van der Waals surface area contributed by atoms with Crippen molar-refractivity contribution in [3.63, 3.8) is 0 Å². The Bertz CT molecular complexity index is 437. The highest BCUT2D eigenvalue weighted by atomic mass is 35.5. The fraction of sp³-hybridized carbons (Fsp3) is 0.500. The van der Waals surface area contributed by atoms with Gasteiger partial charge in [0.05, 0.1) is 5.69 Å². The van der Waals surface area contributed by atoms with Crippen molar-refractivity contribution >= 4 is 23.2 Å². The number of nitrogens with two attached hydrogens (primary N) is 1. The summed E-state index contributed by atoms with van der Waals surface area (Å²) in [6, 6.07) is 4.16. The summed E-state index contributed by atoms with van der Waals surface area (Å²) >= 11 is 5.65. The molecule has 1 unspecified atom stereocenters. The standard InChI is InChI=1S/C14H20ClFN2O/c1-9(2)5-10(8-17)6-14(19)18-13-4-3-11(15)7-12(13)16/h3-4,7,9-10H,5-6,8,17H2,1-2H3,(H,18,19). The molecule has 0 heterocycles. The largest absolute Gasteiger partial charge is 0.330 e. The quantitative estimate of drug-likeness (QED) is 0.842. The maximum Gasteiger partial charge on any atom is 0.224 e. The third-order valence-corrected chi connectivity index (χ3v) is 3.05. The topological polar surface area (TPSA) is 55.1 Å². The molecule has 0 aliphatic carbocycles. The summed E-state index contributed by atoms with van der Waals surface area (Å²) < 4.78 is 13.5. The van der Waals surface area contributed by atoms with E-state index in [1.54, 1.807) is 0 Å². The smallest absolute Gasteiger partial charge is 0.224 e. The molecule has 1 amide bonds. The first-order valence-electron chi connectivity index (χ1n) is 6.37. The fourth-order valence-electron chi connectivity index (χ4n) is 1.98. The first-order chi connectivity index (χ1) is 8.92. The molecule has 1 aromatic rings. The van der Waals surface area contributed by atoms with E-state index in [1.165, 1.54) is 18.2 Å². The molecule has 5 heteroatoms. The lowest BCUT2D eigenvalue weighted by atomic mass is 9.94. The van der Waals surface area contributed by atoms with Crippen molar-refractivity contribution in [2.45, 2.75) is 26.7 Å². The van der Waals surface area contributed by atoms with Crippen molar-refractivity contribution in [3.8, 4) is 0 Å². The molecule has 106 valence electrons. The predicted octanol–water partition coefficient (Wildman–Crippen LogP) is 3.43. The highest BCUT2D eigenvalue weighted by Gasteiger charge is 2.15. The van der Waals surface area contributed by atoms with E-state index in [4.69, 9.17) is 17.3 Å². The molecular weight excluding hydrogens is 267 g/mol. The molecule has 0 aromatic heterocycles. The molecule has 0 fully saturated rings. The first-order valence-corrected chi connectivity index (χ1v) is 6.75. The molecule has 0 aliphatic rings. The Morgan fingerprint density at radius 3 is 2.68 bits per heavy atom. The molecule has 0 saturated heterocycles. The first kappa shape index (κ1) is 15.9. The van der Waals surface area contributed by atoms with Gasteiger partial charge in [0.2, 0.25) is 5.91 Å². The van der Waals surface area contributed by atoms with E-state index in [2.05, 4.69) is 19.2 Å². The lowest BCUT2D eigenvalue weighted by Gasteiger charge is -2.16. The number of anilines is 1. The van der Waals surface area contributed by atoms with Crippen LogP contribution in [0, 0.1) is 17.7 Å². The molecule has 1 rings (SSSR count). The zero-order valence-electron chi connectivity index (χ0n) is 11.2. The van der Waals surface area contributed by atoms with Gasteiger partial charge in [-0.2, -0.15) is 0 Å². The van der Waals surface area contributed by atoms with Crippen molar-refractivity contribution in [2.75, 3.05) is 11.9 Å². The summed E-state index contributed by atoms with van der Waals surface area (Å²) in [6.07, 6.45) is 1.18. The molecule has 0 bridgehead atoms. The zero-order chi connectivity index (χ0) is 14.4. The number of amides is 1. The van der Waals surface area contributed by atoms with Crippen molar-refractivity contribution in [2.24, 2.45) is 17.6 Å². The van der Waals surface area contributed by atoms with E-state index in [-0.39, 0.29) is 17.5 Å². The molecular formula is C14H20ClFN2O. The summed E-state index contributed by atoms with van der Waals surface area (Å²) in [5, 5.41) is 2.85. The Balaban J connectivity index is 2.59. The Kier molecular flexibility index (Phi) is 6.25. The molecule has 0 spiro atoms. The Morgan fingerprint density at radius 2 is 2.16 bits per heavy atom. The van der Waals surface area contributed by atoms with E-state index in [0.717, 1.165) is 6.42 Å². The monoisotopic (exact) mass is 286 g/mol. The number of halogens is 2. The SMILES string of the molecule is CC(C)CC(CN)CC(=O)Nc1ccc(Cl)cc1F. The van der Waals surface area contributed by atoms with Crippen molar-refractivity contribution in [1.82, 2.24) is 0 Å². The van der Waals surface area contributed by atoms with Crippen LogP contribution in [0.3, 0.4) is 0 Å². The van der Waals surface area contributed by atoms with Gasteiger partial charge in [-0.25, -0.2) is 4.39 Å². The number of carbonyl (C=O) groups excluding carboxylic acids is 1. The predicted molar refractivity (Wildman–Crippen MR) is 76.7 cm³/mol. The maximum absolute atomic E-state index is 13.5. The third-order valence-electron chi connectivity index (χ3n) is 2.82. The number of carbonyl (C=O) groups is 1. The highest BCUT2D eigenvalue weighted by molar-refractivity contribution is 6.30. The molecule has 0 radical (unpaired) electrons. The molecule has 0 saturated carbocycles. The average molecular weight is 287 g/mol. The molecule has 19 heavy (non-hydrogen) atoms. The third kappa shape index (κ3) is 5.57. The lowest BCUT2D eigenvalue weighted by Crippen LogP contribution is -2.23. The van der Waals surface area contributed by atoms with Crippen LogP contribution in [0.5, 0.6) is 0 Å². The normalized spacial score (nSPS) is 12.5. The number of benzene rings is 1. The molecule has 1 aromatic carbocycles. The van der Waals surface area contributed by atoms with Crippen LogP contribution in [0.25, 0.3) is 0 Å². The zero-order valence-corrected chi connectivity index (χ0v) is 12.0. The van der Waals surface area contributed by atoms with Gasteiger partial charge < -0.3 is 11.1 Å². The Hall–Kier alpha value is -1.13. The second kappa shape index (κ2) is 7.46. The molecule has 1 atom stereocenters. The van der Waals surface area contributed by atoms with Crippen LogP contribution in [0.15, 0.2) is 18.2 Å². The minimum atomic E-state index is -0.533. The van der Waals surface area contributed by atoms with Crippen LogP contribution in [0.4, 0.5) is 10.1 Å². The van der Waals surface area contributed by atoms with Crippen LogP contribution in [0.2, 0.25) is 5.02 Å². The van der Waals surface area contributed by atoms with E-state index in [9.17, 15) is 9.18 Å². The van der Waals surface area contributed by atoms with Crippen LogP contribution in [0.1, 0.15) is 26.7 Å². The summed E-state index contributed by atoms with van der Waals surface area (Å²) in [6.45, 7) is 4.62. The number of hydrogen-bond acceptors (Lipinski definition) is 2. The van der Waals surface area contributed by atoms with Gasteiger partial charge in [-0.1, -0.05) is 25.4 Å². The van der Waals surface area contributed by atoms with Gasteiger partial charge >= 0.3 is 0 Å². The van der Waals surface area contributed by atoms with Gasteiger partial charge in [-0.05, 0) is 43.0 Å². The second-order valence-corrected chi connectivity index (χ2v) is 5.54. The molecule has 3 nitrogen and oxygen atoms in total. The van der Waals surface area contributed by atoms with Crippen molar-refractivity contribution in [3.05, 3.63) is 29.0 Å². The molecule has 0 aliphatic heterocycles. The van der Waals surface area contributed by atoms with Gasteiger partial charge in [0.15, 0.2) is 0 Å². The maximum atomic E-state index is 13.5. The lowest BCUT2D eigenvalue weighted by molar-refractivity contribution is -0.117. The van der Waals surface area contributed by atoms with E-state index < -0.39 is 5.82 Å². The molecule has 3 N–H and O–H groups in total. The van der Waals surface area contributed by atoms with E-state index >= 15 is 0 Å². The fourth-order valence-corrected chi connectivity index (χ4v) is 2.14. The average Bonchev–Trinajstić information content (AvgIpc) is 2.31. The highest BCUT2D eigenvalue weighted by Crippen LogP contribution is 2.20. The Morgan fingerprint density at radius 1 is 1.47 bits per heavy atom. The van der Waals surface area contributed by atoms with E-state index in [0.29, 0.717) is 23.9 Å². The van der Waals surface area contributed by atoms with Crippen molar-refractivity contribution in [1.29, 1.82) is 0 Å². The van der Waals surface area contributed by atoms with Crippen LogP contribution in [-0.2, 0) is 4.79 Å². The number of rotatable bonds is 6. The van der Waals surface area contributed by atoms with Gasteiger partial charge in [-0.3, -0.25) is 4.79 Å². The summed E-state index contributed by atoms with van der Waals surface area (Å²) in [5.74, 6) is -0.157. The summed E-state index contributed by atoms with van der Waals surface area (Å²) in [5.41, 5.74) is 5.79. The number of hydrogen-bond donors (Lipinski definition) is 2. The van der Waals surface area contributed by atoms with Crippen LogP contribution in [-0.4, -0.2) is 12.5 Å². The van der Waals surface area contributed by atoms with Gasteiger partial charge in [0, 0.05) is 11.4 Å². The van der Waals surface area contributed by atoms with Crippen LogP contribution < -0.4 is 11.1 Å². The summed E-state index contributed by atoms with van der Waals surface area (Å²) in [7, 11) is 0. The second-order valence-electron chi connectivity index (χ2n) is 5.11. The van der Waals surface area contributed by atoms with Gasteiger partial charge in [0.25, 0.3) is 0 Å². The Labute approximate surface area is 118 Å². The number of nitrogens with one attached hydrogen (secondary N) is 1. The van der Waals surface area contributed by atoms with Gasteiger partial charge in [-0.15, -0.1) is 0 Å². The minimum Gasteiger partial charge on any atom is -0.330 e. The van der Waals surface area contributed by atoms with Gasteiger partial charge in [0.1, 0.15) is 5.82 Å². The van der Waals surface area contributed by atoms with Crippen LogP contribution >= 0.6 is 11.6 Å². The van der Waals surface area contributed by atoms with E-state index in [1.807, 2.05) is 0 Å². The minimum absolute atomic E-state index is 0.121. The summed E-state index contributed by atoms with van der Waals surface area (Å²) in [4.78, 5) is 11.8. The van der Waals surface area contributed by atoms with Crippen molar-refractivity contribution < 1.29 is 9.18 Å².